The topological polar surface area (TPSA) is 18.5 Å². The maximum Gasteiger partial charge on any atom is 0.0240 e. The van der Waals surface area contributed by atoms with Gasteiger partial charge in [-0.2, -0.15) is 0 Å². The lowest BCUT2D eigenvalue weighted by Gasteiger charge is -2.50. The van der Waals surface area contributed by atoms with E-state index in [0.717, 1.165) is 19.1 Å². The van der Waals surface area contributed by atoms with Crippen molar-refractivity contribution in [3.63, 3.8) is 0 Å². The molecule has 3 nitrogen and oxygen atoms in total. The third-order valence-electron chi connectivity index (χ3n) is 7.34. The number of piperidine rings is 2. The van der Waals surface area contributed by atoms with Crippen molar-refractivity contribution in [2.45, 2.75) is 50.2 Å². The third-order valence-corrected chi connectivity index (χ3v) is 7.34. The lowest BCUT2D eigenvalue weighted by atomic mass is 9.68. The minimum absolute atomic E-state index is 0.340. The Morgan fingerprint density at radius 2 is 1.61 bits per heavy atom. The van der Waals surface area contributed by atoms with Crippen LogP contribution in [0.25, 0.3) is 0 Å². The molecule has 2 saturated heterocycles. The highest BCUT2D eigenvalue weighted by molar-refractivity contribution is 5.38. The summed E-state index contributed by atoms with van der Waals surface area (Å²) in [6, 6.07) is 21.1. The first-order valence-electron chi connectivity index (χ1n) is 11.1. The van der Waals surface area contributed by atoms with Crippen LogP contribution >= 0.6 is 0 Å². The number of nitrogens with zero attached hydrogens (tertiary/aromatic N) is 2. The van der Waals surface area contributed by atoms with Crippen molar-refractivity contribution < 1.29 is 0 Å². The Hall–Kier alpha value is -1.68. The Morgan fingerprint density at radius 3 is 2.39 bits per heavy atom. The standard InChI is InChI=1S/C25H33N3/c1-2-6-21(7-3-1)18-27-19-22-8-4-5-9-24(22)25(20-27)12-16-28(17-13-25)23-10-14-26-15-11-23/h1-9,23,26H,10-20H2. The molecule has 2 aromatic rings. The van der Waals surface area contributed by atoms with E-state index >= 15 is 0 Å². The zero-order valence-electron chi connectivity index (χ0n) is 16.9. The van der Waals surface area contributed by atoms with Crippen molar-refractivity contribution in [3.8, 4) is 0 Å². The van der Waals surface area contributed by atoms with E-state index in [2.05, 4.69) is 69.7 Å². The van der Waals surface area contributed by atoms with Crippen LogP contribution in [0.5, 0.6) is 0 Å². The maximum absolute atomic E-state index is 3.52. The summed E-state index contributed by atoms with van der Waals surface area (Å²) in [5.74, 6) is 0. The molecule has 1 N–H and O–H groups in total. The number of hydrogen-bond acceptors (Lipinski definition) is 3. The highest BCUT2D eigenvalue weighted by Crippen LogP contribution is 2.42. The van der Waals surface area contributed by atoms with Crippen molar-refractivity contribution in [2.75, 3.05) is 32.7 Å². The molecule has 0 bridgehead atoms. The molecule has 5 rings (SSSR count). The molecular formula is C25H33N3. The molecule has 3 heteroatoms. The van der Waals surface area contributed by atoms with Gasteiger partial charge in [0, 0.05) is 31.1 Å². The van der Waals surface area contributed by atoms with Crippen molar-refractivity contribution in [3.05, 3.63) is 71.3 Å². The molecule has 0 aliphatic carbocycles. The Morgan fingerprint density at radius 1 is 0.893 bits per heavy atom. The van der Waals surface area contributed by atoms with Gasteiger partial charge >= 0.3 is 0 Å². The SMILES string of the molecule is c1ccc(CN2Cc3ccccc3C3(CCN(C4CCNCC4)CC3)C2)cc1. The summed E-state index contributed by atoms with van der Waals surface area (Å²) < 4.78 is 0. The van der Waals surface area contributed by atoms with Crippen LogP contribution in [0.3, 0.4) is 0 Å². The highest BCUT2D eigenvalue weighted by atomic mass is 15.2. The molecule has 2 fully saturated rings. The summed E-state index contributed by atoms with van der Waals surface area (Å²) in [4.78, 5) is 5.49. The molecule has 148 valence electrons. The van der Waals surface area contributed by atoms with Crippen LogP contribution < -0.4 is 5.32 Å². The Kier molecular flexibility index (Phi) is 5.23. The molecule has 1 spiro atoms. The summed E-state index contributed by atoms with van der Waals surface area (Å²) in [5, 5.41) is 3.52. The van der Waals surface area contributed by atoms with Gasteiger partial charge in [0.15, 0.2) is 0 Å². The van der Waals surface area contributed by atoms with E-state index in [-0.39, 0.29) is 0 Å². The number of nitrogens with one attached hydrogen (secondary N) is 1. The zero-order valence-corrected chi connectivity index (χ0v) is 16.9. The van der Waals surface area contributed by atoms with E-state index in [0.29, 0.717) is 5.41 Å². The molecule has 3 heterocycles. The molecule has 0 unspecified atom stereocenters. The van der Waals surface area contributed by atoms with Gasteiger partial charge in [0.1, 0.15) is 0 Å². The average Bonchev–Trinajstić information content (AvgIpc) is 2.76. The predicted octanol–water partition coefficient (Wildman–Crippen LogP) is 3.79. The molecule has 2 aromatic carbocycles. The van der Waals surface area contributed by atoms with Gasteiger partial charge in [-0.05, 0) is 68.6 Å². The second-order valence-electron chi connectivity index (χ2n) is 9.09. The molecule has 0 atom stereocenters. The molecular weight excluding hydrogens is 342 g/mol. The van der Waals surface area contributed by atoms with Gasteiger partial charge in [-0.15, -0.1) is 0 Å². The Labute approximate surface area is 169 Å². The Bertz CT molecular complexity index is 773. The van der Waals surface area contributed by atoms with Crippen LogP contribution in [0.4, 0.5) is 0 Å². The highest BCUT2D eigenvalue weighted by Gasteiger charge is 2.42. The molecule has 0 radical (unpaired) electrons. The van der Waals surface area contributed by atoms with Crippen LogP contribution in [0.2, 0.25) is 0 Å². The molecule has 0 amide bonds. The van der Waals surface area contributed by atoms with E-state index in [9.17, 15) is 0 Å². The van der Waals surface area contributed by atoms with Gasteiger partial charge in [0.25, 0.3) is 0 Å². The first kappa shape index (κ1) is 18.4. The fourth-order valence-corrected chi connectivity index (χ4v) is 5.86. The monoisotopic (exact) mass is 375 g/mol. The average molecular weight is 376 g/mol. The number of benzene rings is 2. The van der Waals surface area contributed by atoms with E-state index in [1.807, 2.05) is 0 Å². The van der Waals surface area contributed by atoms with Gasteiger partial charge in [-0.3, -0.25) is 4.90 Å². The number of hydrogen-bond donors (Lipinski definition) is 1. The van der Waals surface area contributed by atoms with Crippen molar-refractivity contribution in [2.24, 2.45) is 0 Å². The normalized spacial score (nSPS) is 23.6. The lowest BCUT2D eigenvalue weighted by Crippen LogP contribution is -2.54. The predicted molar refractivity (Wildman–Crippen MR) is 115 cm³/mol. The second-order valence-corrected chi connectivity index (χ2v) is 9.09. The number of rotatable bonds is 3. The minimum atomic E-state index is 0.340. The zero-order chi connectivity index (χ0) is 18.8. The smallest absolute Gasteiger partial charge is 0.0240 e. The third kappa shape index (κ3) is 3.63. The maximum atomic E-state index is 3.52. The lowest BCUT2D eigenvalue weighted by molar-refractivity contribution is 0.0629. The van der Waals surface area contributed by atoms with Gasteiger partial charge < -0.3 is 10.2 Å². The fourth-order valence-electron chi connectivity index (χ4n) is 5.86. The fraction of sp³-hybridized carbons (Fsp3) is 0.520. The van der Waals surface area contributed by atoms with Gasteiger partial charge in [0.05, 0.1) is 0 Å². The molecule has 3 aliphatic heterocycles. The number of likely N-dealkylation sites (tertiary alicyclic amines) is 1. The van der Waals surface area contributed by atoms with Crippen molar-refractivity contribution in [1.29, 1.82) is 0 Å². The van der Waals surface area contributed by atoms with Crippen LogP contribution in [-0.2, 0) is 18.5 Å². The quantitative estimate of drug-likeness (QED) is 0.881. The van der Waals surface area contributed by atoms with Crippen LogP contribution in [0, 0.1) is 0 Å². The van der Waals surface area contributed by atoms with E-state index < -0.39 is 0 Å². The summed E-state index contributed by atoms with van der Waals surface area (Å²) in [7, 11) is 0. The van der Waals surface area contributed by atoms with Crippen LogP contribution in [-0.4, -0.2) is 48.6 Å². The van der Waals surface area contributed by atoms with Crippen molar-refractivity contribution in [1.82, 2.24) is 15.1 Å². The van der Waals surface area contributed by atoms with Gasteiger partial charge in [-0.25, -0.2) is 0 Å². The summed E-state index contributed by atoms with van der Waals surface area (Å²) in [6.45, 7) is 8.27. The van der Waals surface area contributed by atoms with Gasteiger partial charge in [0.2, 0.25) is 0 Å². The minimum Gasteiger partial charge on any atom is -0.317 e. The first-order chi connectivity index (χ1) is 13.8. The van der Waals surface area contributed by atoms with E-state index in [1.54, 1.807) is 11.1 Å². The largest absolute Gasteiger partial charge is 0.317 e. The second kappa shape index (κ2) is 7.98. The Balaban J connectivity index is 1.35. The van der Waals surface area contributed by atoms with Crippen LogP contribution in [0.15, 0.2) is 54.6 Å². The van der Waals surface area contributed by atoms with E-state index in [4.69, 9.17) is 0 Å². The summed E-state index contributed by atoms with van der Waals surface area (Å²) in [6.07, 6.45) is 5.26. The molecule has 0 saturated carbocycles. The summed E-state index contributed by atoms with van der Waals surface area (Å²) in [5.41, 5.74) is 4.97. The first-order valence-corrected chi connectivity index (χ1v) is 11.1. The van der Waals surface area contributed by atoms with Crippen LogP contribution in [0.1, 0.15) is 42.4 Å². The van der Waals surface area contributed by atoms with Crippen molar-refractivity contribution >= 4 is 0 Å². The van der Waals surface area contributed by atoms with E-state index in [1.165, 1.54) is 64.0 Å². The molecule has 0 aromatic heterocycles. The summed E-state index contributed by atoms with van der Waals surface area (Å²) >= 11 is 0. The molecule has 3 aliphatic rings. The number of fused-ring (bicyclic) bond motifs is 2. The molecule has 28 heavy (non-hydrogen) atoms. The van der Waals surface area contributed by atoms with Gasteiger partial charge in [-0.1, -0.05) is 54.6 Å².